The van der Waals surface area contributed by atoms with E-state index in [1.54, 1.807) is 6.07 Å². The zero-order valence-electron chi connectivity index (χ0n) is 10.5. The first-order valence-electron chi connectivity index (χ1n) is 6.62. The van der Waals surface area contributed by atoms with Gasteiger partial charge in [-0.3, -0.25) is 4.79 Å². The van der Waals surface area contributed by atoms with Gasteiger partial charge in [-0.1, -0.05) is 35.3 Å². The van der Waals surface area contributed by atoms with Crippen molar-refractivity contribution in [1.82, 2.24) is 10.2 Å². The van der Waals surface area contributed by atoms with Crippen molar-refractivity contribution < 1.29 is 4.79 Å². The number of nitrogens with one attached hydrogen (secondary N) is 1. The molecule has 19 heavy (non-hydrogen) atoms. The molecule has 2 atom stereocenters. The largest absolute Gasteiger partial charge is 0.340 e. The minimum Gasteiger partial charge on any atom is -0.340 e. The summed E-state index contributed by atoms with van der Waals surface area (Å²) in [6.45, 7) is 3.40. The summed E-state index contributed by atoms with van der Waals surface area (Å²) in [6, 6.07) is 5.65. The molecule has 1 aliphatic heterocycles. The molecular formula is C14H16Cl2N2O. The molecule has 1 saturated carbocycles. The summed E-state index contributed by atoms with van der Waals surface area (Å²) in [5.41, 5.74) is 1.02. The second-order valence-electron chi connectivity index (χ2n) is 5.17. The van der Waals surface area contributed by atoms with Crippen molar-refractivity contribution in [2.75, 3.05) is 26.2 Å². The smallest absolute Gasteiger partial charge is 0.226 e. The van der Waals surface area contributed by atoms with Gasteiger partial charge in [-0.15, -0.1) is 0 Å². The van der Waals surface area contributed by atoms with Crippen LogP contribution >= 0.6 is 23.2 Å². The van der Waals surface area contributed by atoms with Gasteiger partial charge in [0.25, 0.3) is 0 Å². The first-order chi connectivity index (χ1) is 9.18. The minimum absolute atomic E-state index is 0.0917. The van der Waals surface area contributed by atoms with E-state index in [4.69, 9.17) is 23.2 Å². The van der Waals surface area contributed by atoms with Gasteiger partial charge in [0.05, 0.1) is 10.0 Å². The minimum atomic E-state index is 0.0917. The molecule has 0 radical (unpaired) electrons. The highest BCUT2D eigenvalue weighted by molar-refractivity contribution is 6.42. The van der Waals surface area contributed by atoms with E-state index >= 15 is 0 Å². The lowest BCUT2D eigenvalue weighted by Crippen LogP contribution is -2.47. The molecule has 1 heterocycles. The molecule has 1 aromatic carbocycles. The zero-order valence-corrected chi connectivity index (χ0v) is 12.0. The van der Waals surface area contributed by atoms with E-state index in [0.29, 0.717) is 10.0 Å². The van der Waals surface area contributed by atoms with Gasteiger partial charge in [0.15, 0.2) is 0 Å². The van der Waals surface area contributed by atoms with Gasteiger partial charge in [0, 0.05) is 32.1 Å². The van der Waals surface area contributed by atoms with E-state index in [1.165, 1.54) is 0 Å². The maximum absolute atomic E-state index is 12.4. The van der Waals surface area contributed by atoms with Crippen LogP contribution in [-0.4, -0.2) is 37.0 Å². The van der Waals surface area contributed by atoms with E-state index in [1.807, 2.05) is 17.0 Å². The monoisotopic (exact) mass is 298 g/mol. The molecule has 102 valence electrons. The maximum Gasteiger partial charge on any atom is 0.226 e. The van der Waals surface area contributed by atoms with Crippen LogP contribution in [0.5, 0.6) is 0 Å². The fourth-order valence-corrected chi connectivity index (χ4v) is 3.19. The Morgan fingerprint density at radius 2 is 2.00 bits per heavy atom. The van der Waals surface area contributed by atoms with Crippen molar-refractivity contribution in [3.8, 4) is 0 Å². The predicted molar refractivity (Wildman–Crippen MR) is 76.8 cm³/mol. The Kier molecular flexibility index (Phi) is 3.70. The number of rotatable bonds is 2. The number of nitrogens with zero attached hydrogens (tertiary/aromatic N) is 1. The number of hydrogen-bond donors (Lipinski definition) is 1. The lowest BCUT2D eigenvalue weighted by molar-refractivity contribution is -0.133. The SMILES string of the molecule is O=C(C1CC1c1cccc(Cl)c1Cl)N1CCNCC1. The van der Waals surface area contributed by atoms with Gasteiger partial charge in [-0.05, 0) is 24.0 Å². The fourth-order valence-electron chi connectivity index (χ4n) is 2.74. The van der Waals surface area contributed by atoms with Crippen LogP contribution in [0.15, 0.2) is 18.2 Å². The topological polar surface area (TPSA) is 32.3 Å². The molecule has 2 aliphatic rings. The van der Waals surface area contributed by atoms with E-state index in [-0.39, 0.29) is 17.7 Å². The maximum atomic E-state index is 12.4. The van der Waals surface area contributed by atoms with E-state index in [2.05, 4.69) is 5.32 Å². The number of benzene rings is 1. The van der Waals surface area contributed by atoms with Crippen LogP contribution in [0, 0.1) is 5.92 Å². The Morgan fingerprint density at radius 3 is 2.74 bits per heavy atom. The summed E-state index contributed by atoms with van der Waals surface area (Å²) >= 11 is 12.2. The second-order valence-corrected chi connectivity index (χ2v) is 5.95. The fraction of sp³-hybridized carbons (Fsp3) is 0.500. The molecule has 2 unspecified atom stereocenters. The molecule has 1 aliphatic carbocycles. The highest BCUT2D eigenvalue weighted by Gasteiger charge is 2.46. The first-order valence-corrected chi connectivity index (χ1v) is 7.37. The van der Waals surface area contributed by atoms with Gasteiger partial charge in [-0.2, -0.15) is 0 Å². The number of halogens is 2. The molecule has 3 rings (SSSR count). The van der Waals surface area contributed by atoms with Gasteiger partial charge in [0.2, 0.25) is 5.91 Å². The molecule has 1 N–H and O–H groups in total. The summed E-state index contributed by atoms with van der Waals surface area (Å²) in [5, 5.41) is 4.43. The highest BCUT2D eigenvalue weighted by atomic mass is 35.5. The quantitative estimate of drug-likeness (QED) is 0.910. The Hall–Kier alpha value is -0.770. The average molecular weight is 299 g/mol. The van der Waals surface area contributed by atoms with E-state index < -0.39 is 0 Å². The highest BCUT2D eigenvalue weighted by Crippen LogP contribution is 2.51. The first kappa shape index (κ1) is 13.2. The number of hydrogen-bond acceptors (Lipinski definition) is 2. The normalized spacial score (nSPS) is 26.3. The molecule has 0 bridgehead atoms. The number of amides is 1. The Labute approximate surface area is 122 Å². The number of carbonyl (C=O) groups excluding carboxylic acids is 1. The third-order valence-electron chi connectivity index (χ3n) is 3.92. The van der Waals surface area contributed by atoms with Gasteiger partial charge < -0.3 is 10.2 Å². The van der Waals surface area contributed by atoms with Gasteiger partial charge >= 0.3 is 0 Å². The molecule has 2 fully saturated rings. The summed E-state index contributed by atoms with van der Waals surface area (Å²) < 4.78 is 0. The van der Waals surface area contributed by atoms with Crippen molar-refractivity contribution >= 4 is 29.1 Å². The number of carbonyl (C=O) groups is 1. The standard InChI is InChI=1S/C14H16Cl2N2O/c15-12-3-1-2-9(13(12)16)10-8-11(10)14(19)18-6-4-17-5-7-18/h1-3,10-11,17H,4-8H2. The number of piperazine rings is 1. The Bertz CT molecular complexity index is 500. The zero-order chi connectivity index (χ0) is 13.4. The third kappa shape index (κ3) is 2.60. The van der Waals surface area contributed by atoms with Gasteiger partial charge in [-0.25, -0.2) is 0 Å². The Morgan fingerprint density at radius 1 is 1.26 bits per heavy atom. The summed E-state index contributed by atoms with van der Waals surface area (Å²) in [5.74, 6) is 0.602. The van der Waals surface area contributed by atoms with Crippen LogP contribution in [0.25, 0.3) is 0 Å². The van der Waals surface area contributed by atoms with Crippen molar-refractivity contribution in [3.63, 3.8) is 0 Å². The molecule has 1 amide bonds. The third-order valence-corrected chi connectivity index (χ3v) is 4.75. The lowest BCUT2D eigenvalue weighted by Gasteiger charge is -2.27. The van der Waals surface area contributed by atoms with Crippen LogP contribution in [-0.2, 0) is 4.79 Å². The molecule has 1 aromatic rings. The average Bonchev–Trinajstić information content (AvgIpc) is 3.22. The van der Waals surface area contributed by atoms with Crippen LogP contribution in [0.2, 0.25) is 10.0 Å². The van der Waals surface area contributed by atoms with Crippen molar-refractivity contribution in [3.05, 3.63) is 33.8 Å². The van der Waals surface area contributed by atoms with Crippen LogP contribution < -0.4 is 5.32 Å². The molecule has 0 aromatic heterocycles. The summed E-state index contributed by atoms with van der Waals surface area (Å²) in [6.07, 6.45) is 0.892. The molecule has 1 saturated heterocycles. The predicted octanol–water partition coefficient (Wildman–Crippen LogP) is 2.53. The van der Waals surface area contributed by atoms with Crippen molar-refractivity contribution in [2.24, 2.45) is 5.92 Å². The second kappa shape index (κ2) is 5.31. The summed E-state index contributed by atoms with van der Waals surface area (Å²) in [4.78, 5) is 14.3. The molecule has 0 spiro atoms. The van der Waals surface area contributed by atoms with Gasteiger partial charge in [0.1, 0.15) is 0 Å². The van der Waals surface area contributed by atoms with Crippen LogP contribution in [0.1, 0.15) is 17.9 Å². The lowest BCUT2D eigenvalue weighted by atomic mass is 10.1. The van der Waals surface area contributed by atoms with Crippen LogP contribution in [0.3, 0.4) is 0 Å². The van der Waals surface area contributed by atoms with Crippen LogP contribution in [0.4, 0.5) is 0 Å². The van der Waals surface area contributed by atoms with Crippen molar-refractivity contribution in [1.29, 1.82) is 0 Å². The Balaban J connectivity index is 1.70. The van der Waals surface area contributed by atoms with Crippen molar-refractivity contribution in [2.45, 2.75) is 12.3 Å². The molecule has 3 nitrogen and oxygen atoms in total. The van der Waals surface area contributed by atoms with E-state index in [9.17, 15) is 4.79 Å². The molecule has 5 heteroatoms. The summed E-state index contributed by atoms with van der Waals surface area (Å²) in [7, 11) is 0. The molecular weight excluding hydrogens is 283 g/mol. The van der Waals surface area contributed by atoms with E-state index in [0.717, 1.165) is 38.2 Å².